The van der Waals surface area contributed by atoms with Crippen molar-refractivity contribution in [2.75, 3.05) is 0 Å². The quantitative estimate of drug-likeness (QED) is 0.532. The summed E-state index contributed by atoms with van der Waals surface area (Å²) in [6.07, 6.45) is 4.12. The van der Waals surface area contributed by atoms with Gasteiger partial charge in [-0.2, -0.15) is 0 Å². The van der Waals surface area contributed by atoms with Gasteiger partial charge in [0.05, 0.1) is 0 Å². The van der Waals surface area contributed by atoms with Crippen LogP contribution in [0, 0.1) is 0 Å². The summed E-state index contributed by atoms with van der Waals surface area (Å²) in [6, 6.07) is 10.3. The van der Waals surface area contributed by atoms with Gasteiger partial charge in [-0.1, -0.05) is 42.5 Å². The SMILES string of the molecule is C/C=C/c1ccccc1. The predicted molar refractivity (Wildman–Crippen MR) is 41.2 cm³/mol. The molecule has 0 nitrogen and oxygen atoms in total. The van der Waals surface area contributed by atoms with Crippen LogP contribution in [0.15, 0.2) is 36.4 Å². The van der Waals surface area contributed by atoms with Crippen molar-refractivity contribution in [3.63, 3.8) is 0 Å². The molecule has 0 heterocycles. The number of hydrogen-bond donors (Lipinski definition) is 0. The van der Waals surface area contributed by atoms with Crippen molar-refractivity contribution in [2.45, 2.75) is 6.92 Å². The molecule has 0 aliphatic heterocycles. The summed E-state index contributed by atoms with van der Waals surface area (Å²) in [5.41, 5.74) is 1.26. The predicted octanol–water partition coefficient (Wildman–Crippen LogP) is 2.72. The van der Waals surface area contributed by atoms with Gasteiger partial charge in [0.2, 0.25) is 0 Å². The summed E-state index contributed by atoms with van der Waals surface area (Å²) >= 11 is 0. The molecule has 0 unspecified atom stereocenters. The van der Waals surface area contributed by atoms with Gasteiger partial charge in [-0.3, -0.25) is 0 Å². The molecule has 1 aromatic carbocycles. The Hall–Kier alpha value is -1.04. The van der Waals surface area contributed by atoms with Gasteiger partial charge in [0.25, 0.3) is 0 Å². The average Bonchev–Trinajstić information content (AvgIpc) is 1.91. The molecular formula is C9H10. The van der Waals surface area contributed by atoms with Crippen LogP contribution >= 0.6 is 0 Å². The Labute approximate surface area is 55.8 Å². The van der Waals surface area contributed by atoms with Crippen LogP contribution in [0.4, 0.5) is 0 Å². The standard InChI is InChI=1S/C9H10/c1-2-6-9-7-4-3-5-8-9/h2-8H,1H3/b6-2+. The first-order valence-corrected chi connectivity index (χ1v) is 3.11. The fraction of sp³-hybridized carbons (Fsp3) is 0.111. The molecule has 9 heavy (non-hydrogen) atoms. The fourth-order valence-corrected chi connectivity index (χ4v) is 0.757. The van der Waals surface area contributed by atoms with Crippen molar-refractivity contribution in [3.8, 4) is 0 Å². The van der Waals surface area contributed by atoms with E-state index in [4.69, 9.17) is 0 Å². The second-order valence-corrected chi connectivity index (χ2v) is 1.91. The lowest BCUT2D eigenvalue weighted by Crippen LogP contribution is -1.65. The van der Waals surface area contributed by atoms with Gasteiger partial charge in [-0.15, -0.1) is 0 Å². The number of allylic oxidation sites excluding steroid dienone is 1. The molecular weight excluding hydrogens is 108 g/mol. The van der Waals surface area contributed by atoms with Crippen molar-refractivity contribution in [2.24, 2.45) is 0 Å². The average molecular weight is 118 g/mol. The summed E-state index contributed by atoms with van der Waals surface area (Å²) in [4.78, 5) is 0. The van der Waals surface area contributed by atoms with E-state index >= 15 is 0 Å². The minimum atomic E-state index is 1.26. The van der Waals surface area contributed by atoms with Crippen LogP contribution in [0.25, 0.3) is 6.08 Å². The van der Waals surface area contributed by atoms with Crippen LogP contribution in [-0.4, -0.2) is 0 Å². The Bertz CT molecular complexity index is 184. The minimum Gasteiger partial charge on any atom is -0.0871 e. The van der Waals surface area contributed by atoms with E-state index in [1.807, 2.05) is 31.2 Å². The van der Waals surface area contributed by atoms with Crippen LogP contribution in [0.5, 0.6) is 0 Å². The van der Waals surface area contributed by atoms with E-state index in [9.17, 15) is 0 Å². The lowest BCUT2D eigenvalue weighted by Gasteiger charge is -1.86. The smallest absolute Gasteiger partial charge is 0.0260 e. The molecule has 0 fully saturated rings. The lowest BCUT2D eigenvalue weighted by molar-refractivity contribution is 1.64. The summed E-state index contributed by atoms with van der Waals surface area (Å²) in [5.74, 6) is 0. The number of rotatable bonds is 1. The van der Waals surface area contributed by atoms with E-state index in [-0.39, 0.29) is 0 Å². The van der Waals surface area contributed by atoms with Crippen LogP contribution in [0.3, 0.4) is 0 Å². The second kappa shape index (κ2) is 3.08. The normalized spacial score (nSPS) is 10.3. The van der Waals surface area contributed by atoms with E-state index in [1.165, 1.54) is 5.56 Å². The molecule has 46 valence electrons. The number of hydrogen-bond acceptors (Lipinski definition) is 0. The van der Waals surface area contributed by atoms with Gasteiger partial charge in [0.15, 0.2) is 0 Å². The van der Waals surface area contributed by atoms with Gasteiger partial charge in [-0.05, 0) is 12.5 Å². The van der Waals surface area contributed by atoms with E-state index in [1.54, 1.807) is 0 Å². The maximum Gasteiger partial charge on any atom is -0.0260 e. The highest BCUT2D eigenvalue weighted by Crippen LogP contribution is 1.99. The van der Waals surface area contributed by atoms with Gasteiger partial charge in [0, 0.05) is 0 Å². The molecule has 0 spiro atoms. The highest BCUT2D eigenvalue weighted by atomic mass is 13.8. The summed E-state index contributed by atoms with van der Waals surface area (Å²) in [7, 11) is 0. The molecule has 0 N–H and O–H groups in total. The zero-order valence-corrected chi connectivity index (χ0v) is 5.54. The van der Waals surface area contributed by atoms with Crippen molar-refractivity contribution in [3.05, 3.63) is 42.0 Å². The topological polar surface area (TPSA) is 0 Å². The Morgan fingerprint density at radius 3 is 2.33 bits per heavy atom. The third-order valence-electron chi connectivity index (χ3n) is 1.16. The molecule has 0 bridgehead atoms. The first-order chi connectivity index (χ1) is 4.43. The molecule has 0 aliphatic rings. The van der Waals surface area contributed by atoms with Crippen molar-refractivity contribution >= 4 is 6.08 Å². The van der Waals surface area contributed by atoms with E-state index in [0.717, 1.165) is 0 Å². The molecule has 0 amide bonds. The highest BCUT2D eigenvalue weighted by Gasteiger charge is 1.77. The van der Waals surface area contributed by atoms with Crippen molar-refractivity contribution in [1.29, 1.82) is 0 Å². The highest BCUT2D eigenvalue weighted by molar-refractivity contribution is 5.47. The Kier molecular flexibility index (Phi) is 2.08. The van der Waals surface area contributed by atoms with Gasteiger partial charge >= 0.3 is 0 Å². The van der Waals surface area contributed by atoms with Crippen LogP contribution in [0.2, 0.25) is 0 Å². The van der Waals surface area contributed by atoms with Gasteiger partial charge < -0.3 is 0 Å². The molecule has 0 radical (unpaired) electrons. The molecule has 1 aromatic rings. The Morgan fingerprint density at radius 1 is 1.11 bits per heavy atom. The monoisotopic (exact) mass is 118 g/mol. The Balaban J connectivity index is 2.85. The van der Waals surface area contributed by atoms with Crippen molar-refractivity contribution in [1.82, 2.24) is 0 Å². The minimum absolute atomic E-state index is 1.26. The zero-order valence-electron chi connectivity index (χ0n) is 5.54. The first kappa shape index (κ1) is 6.09. The van der Waals surface area contributed by atoms with E-state index in [2.05, 4.69) is 18.2 Å². The molecule has 0 atom stereocenters. The van der Waals surface area contributed by atoms with Gasteiger partial charge in [-0.25, -0.2) is 0 Å². The van der Waals surface area contributed by atoms with E-state index in [0.29, 0.717) is 0 Å². The summed E-state index contributed by atoms with van der Waals surface area (Å²) in [5, 5.41) is 0. The summed E-state index contributed by atoms with van der Waals surface area (Å²) < 4.78 is 0. The fourth-order valence-electron chi connectivity index (χ4n) is 0.757. The van der Waals surface area contributed by atoms with E-state index < -0.39 is 0 Å². The van der Waals surface area contributed by atoms with Crippen molar-refractivity contribution < 1.29 is 0 Å². The molecule has 0 saturated heterocycles. The summed E-state index contributed by atoms with van der Waals surface area (Å²) in [6.45, 7) is 2.02. The first-order valence-electron chi connectivity index (χ1n) is 3.11. The third kappa shape index (κ3) is 1.73. The molecule has 0 saturated carbocycles. The van der Waals surface area contributed by atoms with Gasteiger partial charge in [0.1, 0.15) is 0 Å². The maximum atomic E-state index is 2.08. The van der Waals surface area contributed by atoms with Crippen LogP contribution in [0.1, 0.15) is 12.5 Å². The maximum absolute atomic E-state index is 2.08. The zero-order chi connectivity index (χ0) is 6.53. The largest absolute Gasteiger partial charge is 0.0871 e. The third-order valence-corrected chi connectivity index (χ3v) is 1.16. The Morgan fingerprint density at radius 2 is 1.78 bits per heavy atom. The van der Waals surface area contributed by atoms with Crippen LogP contribution < -0.4 is 0 Å². The molecule has 0 aromatic heterocycles. The van der Waals surface area contributed by atoms with Crippen LogP contribution in [-0.2, 0) is 0 Å². The molecule has 1 rings (SSSR count). The lowest BCUT2D eigenvalue weighted by atomic mass is 10.2. The number of benzene rings is 1. The molecule has 0 heteroatoms. The molecule has 0 aliphatic carbocycles. The second-order valence-electron chi connectivity index (χ2n) is 1.91.